The second kappa shape index (κ2) is 7.22. The van der Waals surface area contributed by atoms with Crippen LogP contribution in [-0.2, 0) is 7.05 Å². The van der Waals surface area contributed by atoms with Crippen molar-refractivity contribution < 1.29 is 4.79 Å². The van der Waals surface area contributed by atoms with Crippen LogP contribution in [0, 0.1) is 6.92 Å². The first-order chi connectivity index (χ1) is 13.1. The van der Waals surface area contributed by atoms with Gasteiger partial charge in [-0.05, 0) is 19.8 Å². The standard InChI is InChI=1S/C19H21N7O/c1-13-15(6-21-11-23-13)19(27)26-5-3-4-14(10-26)16-7-20-8-17(24-16)18-9-22-12-25(18)2/h6-9,11-12,14H,3-5,10H2,1-2H3/t14-/m0/s1. The number of aromatic nitrogens is 6. The molecular weight excluding hydrogens is 342 g/mol. The first-order valence-electron chi connectivity index (χ1n) is 8.98. The van der Waals surface area contributed by atoms with Gasteiger partial charge in [0, 0.05) is 38.4 Å². The van der Waals surface area contributed by atoms with Crippen molar-refractivity contribution in [3.8, 4) is 11.4 Å². The van der Waals surface area contributed by atoms with E-state index in [2.05, 4.69) is 19.9 Å². The van der Waals surface area contributed by atoms with E-state index in [-0.39, 0.29) is 11.8 Å². The van der Waals surface area contributed by atoms with Crippen LogP contribution >= 0.6 is 0 Å². The molecule has 0 aromatic carbocycles. The summed E-state index contributed by atoms with van der Waals surface area (Å²) < 4.78 is 1.92. The molecule has 3 aromatic heterocycles. The molecule has 0 N–H and O–H groups in total. The normalized spacial score (nSPS) is 17.1. The second-order valence-corrected chi connectivity index (χ2v) is 6.83. The fourth-order valence-electron chi connectivity index (χ4n) is 3.48. The lowest BCUT2D eigenvalue weighted by molar-refractivity contribution is 0.0704. The van der Waals surface area contributed by atoms with E-state index in [0.29, 0.717) is 17.8 Å². The van der Waals surface area contributed by atoms with E-state index in [0.717, 1.165) is 36.5 Å². The van der Waals surface area contributed by atoms with Crippen molar-refractivity contribution in [1.82, 2.24) is 34.4 Å². The third-order valence-electron chi connectivity index (χ3n) is 5.00. The second-order valence-electron chi connectivity index (χ2n) is 6.83. The molecule has 0 unspecified atom stereocenters. The number of nitrogens with zero attached hydrogens (tertiary/aromatic N) is 7. The molecule has 27 heavy (non-hydrogen) atoms. The summed E-state index contributed by atoms with van der Waals surface area (Å²) in [6.07, 6.45) is 12.0. The van der Waals surface area contributed by atoms with Gasteiger partial charge in [0.15, 0.2) is 0 Å². The van der Waals surface area contributed by atoms with Crippen LogP contribution in [0.2, 0.25) is 0 Å². The minimum atomic E-state index is -0.0199. The third-order valence-corrected chi connectivity index (χ3v) is 5.00. The highest BCUT2D eigenvalue weighted by Crippen LogP contribution is 2.27. The summed E-state index contributed by atoms with van der Waals surface area (Å²) in [6, 6.07) is 0. The zero-order chi connectivity index (χ0) is 18.8. The predicted octanol–water partition coefficient (Wildman–Crippen LogP) is 2.00. The highest BCUT2D eigenvalue weighted by Gasteiger charge is 2.27. The molecule has 1 fully saturated rings. The Morgan fingerprint density at radius 1 is 1.15 bits per heavy atom. The molecule has 3 aromatic rings. The van der Waals surface area contributed by atoms with Crippen LogP contribution < -0.4 is 0 Å². The van der Waals surface area contributed by atoms with Gasteiger partial charge in [-0.15, -0.1) is 0 Å². The van der Waals surface area contributed by atoms with Crippen LogP contribution in [0.3, 0.4) is 0 Å². The van der Waals surface area contributed by atoms with Crippen molar-refractivity contribution in [2.24, 2.45) is 7.05 Å². The van der Waals surface area contributed by atoms with Crippen molar-refractivity contribution in [2.45, 2.75) is 25.7 Å². The number of hydrogen-bond donors (Lipinski definition) is 0. The van der Waals surface area contributed by atoms with Gasteiger partial charge in [-0.1, -0.05) is 0 Å². The van der Waals surface area contributed by atoms with E-state index in [1.165, 1.54) is 6.33 Å². The van der Waals surface area contributed by atoms with Crippen molar-refractivity contribution in [2.75, 3.05) is 13.1 Å². The Morgan fingerprint density at radius 3 is 2.81 bits per heavy atom. The summed E-state index contributed by atoms with van der Waals surface area (Å²) in [6.45, 7) is 3.19. The molecule has 0 aliphatic carbocycles. The molecule has 4 rings (SSSR count). The molecule has 138 valence electrons. The maximum Gasteiger partial charge on any atom is 0.257 e. The average molecular weight is 363 g/mol. The van der Waals surface area contributed by atoms with Gasteiger partial charge in [-0.25, -0.2) is 19.9 Å². The molecule has 1 saturated heterocycles. The number of amides is 1. The molecule has 8 nitrogen and oxygen atoms in total. The lowest BCUT2D eigenvalue weighted by Crippen LogP contribution is -2.39. The number of carbonyl (C=O) groups is 1. The van der Waals surface area contributed by atoms with E-state index in [4.69, 9.17) is 4.98 Å². The van der Waals surface area contributed by atoms with E-state index >= 15 is 0 Å². The molecule has 1 aliphatic rings. The molecule has 8 heteroatoms. The van der Waals surface area contributed by atoms with E-state index in [1.54, 1.807) is 31.1 Å². The van der Waals surface area contributed by atoms with E-state index in [1.807, 2.05) is 23.4 Å². The summed E-state index contributed by atoms with van der Waals surface area (Å²) in [7, 11) is 1.93. The maximum atomic E-state index is 12.9. The van der Waals surface area contributed by atoms with Crippen LogP contribution in [0.25, 0.3) is 11.4 Å². The Kier molecular flexibility index (Phi) is 4.62. The molecule has 1 aliphatic heterocycles. The van der Waals surface area contributed by atoms with Gasteiger partial charge in [0.1, 0.15) is 12.0 Å². The topological polar surface area (TPSA) is 89.7 Å². The van der Waals surface area contributed by atoms with Crippen molar-refractivity contribution >= 4 is 5.91 Å². The highest BCUT2D eigenvalue weighted by atomic mass is 16.2. The number of carbonyl (C=O) groups excluding carboxylic acids is 1. The highest BCUT2D eigenvalue weighted by molar-refractivity contribution is 5.95. The number of likely N-dealkylation sites (tertiary alicyclic amines) is 1. The summed E-state index contributed by atoms with van der Waals surface area (Å²) in [4.78, 5) is 36.2. The van der Waals surface area contributed by atoms with Crippen LogP contribution in [0.5, 0.6) is 0 Å². The predicted molar refractivity (Wildman–Crippen MR) is 98.9 cm³/mol. The van der Waals surface area contributed by atoms with Gasteiger partial charge in [0.25, 0.3) is 5.91 Å². The third kappa shape index (κ3) is 3.42. The van der Waals surface area contributed by atoms with Crippen molar-refractivity contribution in [1.29, 1.82) is 0 Å². The molecule has 4 heterocycles. The van der Waals surface area contributed by atoms with Gasteiger partial charge in [0.2, 0.25) is 0 Å². The van der Waals surface area contributed by atoms with Gasteiger partial charge in [-0.2, -0.15) is 0 Å². The molecule has 0 radical (unpaired) electrons. The quantitative estimate of drug-likeness (QED) is 0.707. The minimum Gasteiger partial charge on any atom is -0.338 e. The summed E-state index contributed by atoms with van der Waals surface area (Å²) >= 11 is 0. The van der Waals surface area contributed by atoms with Crippen LogP contribution in [-0.4, -0.2) is 53.4 Å². The first-order valence-corrected chi connectivity index (χ1v) is 8.98. The zero-order valence-electron chi connectivity index (χ0n) is 15.4. The fraction of sp³-hybridized carbons (Fsp3) is 0.368. The number of aryl methyl sites for hydroxylation is 2. The van der Waals surface area contributed by atoms with E-state index < -0.39 is 0 Å². The summed E-state index contributed by atoms with van der Waals surface area (Å²) in [5.74, 6) is 0.141. The van der Waals surface area contributed by atoms with Crippen LogP contribution in [0.1, 0.15) is 40.5 Å². The molecular formula is C19H21N7O. The Bertz CT molecular complexity index is 968. The lowest BCUT2D eigenvalue weighted by Gasteiger charge is -2.32. The zero-order valence-corrected chi connectivity index (χ0v) is 15.4. The Morgan fingerprint density at radius 2 is 2.04 bits per heavy atom. The van der Waals surface area contributed by atoms with Gasteiger partial charge in [-0.3, -0.25) is 9.78 Å². The van der Waals surface area contributed by atoms with Crippen molar-refractivity contribution in [3.63, 3.8) is 0 Å². The van der Waals surface area contributed by atoms with E-state index in [9.17, 15) is 4.79 Å². The van der Waals surface area contributed by atoms with Gasteiger partial charge in [0.05, 0.1) is 41.4 Å². The largest absolute Gasteiger partial charge is 0.338 e. The Labute approximate surface area is 157 Å². The molecule has 0 saturated carbocycles. The molecule has 0 bridgehead atoms. The maximum absolute atomic E-state index is 12.9. The lowest BCUT2D eigenvalue weighted by atomic mass is 9.94. The van der Waals surface area contributed by atoms with Gasteiger partial charge >= 0.3 is 0 Å². The summed E-state index contributed by atoms with van der Waals surface area (Å²) in [5.41, 5.74) is 3.89. The van der Waals surface area contributed by atoms with Gasteiger partial charge < -0.3 is 9.47 Å². The number of hydrogen-bond acceptors (Lipinski definition) is 6. The van der Waals surface area contributed by atoms with Crippen LogP contribution in [0.4, 0.5) is 0 Å². The summed E-state index contributed by atoms with van der Waals surface area (Å²) in [5, 5.41) is 0. The van der Waals surface area contributed by atoms with Crippen LogP contribution in [0.15, 0.2) is 37.4 Å². The molecule has 1 amide bonds. The fourth-order valence-corrected chi connectivity index (χ4v) is 3.48. The molecule has 0 spiro atoms. The Hall–Kier alpha value is -3.16. The smallest absolute Gasteiger partial charge is 0.257 e. The molecule has 1 atom stereocenters. The Balaban J connectivity index is 1.56. The monoisotopic (exact) mass is 363 g/mol. The minimum absolute atomic E-state index is 0.0199. The number of rotatable bonds is 3. The average Bonchev–Trinajstić information content (AvgIpc) is 3.14. The first kappa shape index (κ1) is 17.3. The number of piperidine rings is 1. The number of imidazole rings is 1. The van der Waals surface area contributed by atoms with Crippen molar-refractivity contribution in [3.05, 3.63) is 54.4 Å². The SMILES string of the molecule is Cc1ncncc1C(=O)N1CCC[C@H](c2cncc(-c3cncn3C)n2)C1.